The summed E-state index contributed by atoms with van der Waals surface area (Å²) in [6, 6.07) is 11.6. The highest BCUT2D eigenvalue weighted by molar-refractivity contribution is 6.32. The number of hydrogen-bond donors (Lipinski definition) is 1. The molecule has 3 rings (SSSR count). The molecule has 0 saturated heterocycles. The number of hydrogen-bond acceptors (Lipinski definition) is 2. The van der Waals surface area contributed by atoms with Crippen molar-refractivity contribution in [1.82, 2.24) is 4.57 Å². The number of imidazole rings is 1. The number of rotatable bonds is 5. The van der Waals surface area contributed by atoms with Crippen molar-refractivity contribution in [3.05, 3.63) is 58.9 Å². The highest BCUT2D eigenvalue weighted by atomic mass is 35.5. The van der Waals surface area contributed by atoms with Gasteiger partial charge in [-0.25, -0.2) is 9.13 Å². The summed E-state index contributed by atoms with van der Waals surface area (Å²) in [6.07, 6.45) is 1.38. The van der Waals surface area contributed by atoms with E-state index in [1.165, 1.54) is 11.1 Å². The Kier molecular flexibility index (Phi) is 4.78. The lowest BCUT2D eigenvalue weighted by Gasteiger charge is -2.12. The number of benzene rings is 2. The molecule has 0 bridgehead atoms. The number of nitrogens with zero attached hydrogens (tertiary/aromatic N) is 2. The summed E-state index contributed by atoms with van der Waals surface area (Å²) >= 11 is 6.07. The van der Waals surface area contributed by atoms with Gasteiger partial charge in [0.2, 0.25) is 6.33 Å². The Morgan fingerprint density at radius 3 is 2.67 bits per heavy atom. The summed E-state index contributed by atoms with van der Waals surface area (Å²) in [5.41, 5.74) is 4.76. The van der Waals surface area contributed by atoms with Crippen LogP contribution in [0.1, 0.15) is 11.1 Å². The Bertz CT molecular complexity index is 873. The Balaban J connectivity index is 1.75. The van der Waals surface area contributed by atoms with Gasteiger partial charge in [-0.05, 0) is 49.2 Å². The van der Waals surface area contributed by atoms with Crippen molar-refractivity contribution >= 4 is 22.6 Å². The number of halogens is 1. The van der Waals surface area contributed by atoms with Crippen molar-refractivity contribution in [1.29, 1.82) is 0 Å². The van der Waals surface area contributed by atoms with E-state index in [4.69, 9.17) is 16.3 Å². The molecule has 0 fully saturated rings. The molecule has 2 aromatic carbocycles. The van der Waals surface area contributed by atoms with Crippen LogP contribution in [0.4, 0.5) is 0 Å². The summed E-state index contributed by atoms with van der Waals surface area (Å²) in [6.45, 7) is 4.86. The van der Waals surface area contributed by atoms with Crippen molar-refractivity contribution < 1.29 is 14.4 Å². The van der Waals surface area contributed by atoms with E-state index in [0.29, 0.717) is 17.3 Å². The van der Waals surface area contributed by atoms with Crippen LogP contribution >= 0.6 is 11.6 Å². The van der Waals surface area contributed by atoms with Crippen LogP contribution in [0.3, 0.4) is 0 Å². The zero-order valence-electron chi connectivity index (χ0n) is 14.2. The smallest absolute Gasteiger partial charge is 0.244 e. The molecule has 5 heteroatoms. The Morgan fingerprint density at radius 1 is 1.21 bits per heavy atom. The van der Waals surface area contributed by atoms with Crippen LogP contribution < -0.4 is 9.30 Å². The van der Waals surface area contributed by atoms with Crippen LogP contribution in [0.15, 0.2) is 42.7 Å². The van der Waals surface area contributed by atoms with Crippen LogP contribution in [0.5, 0.6) is 5.75 Å². The summed E-state index contributed by atoms with van der Waals surface area (Å²) in [5.74, 6) is 0.590. The molecule has 1 unspecified atom stereocenters. The molecule has 0 saturated carbocycles. The van der Waals surface area contributed by atoms with Crippen LogP contribution in [-0.4, -0.2) is 22.4 Å². The number of ether oxygens (including phenoxy) is 1. The van der Waals surface area contributed by atoms with E-state index < -0.39 is 6.10 Å². The molecule has 0 aliphatic rings. The molecule has 3 aromatic rings. The molecular weight excluding hydrogens is 324 g/mol. The lowest BCUT2D eigenvalue weighted by Crippen LogP contribution is -2.27. The van der Waals surface area contributed by atoms with Gasteiger partial charge >= 0.3 is 0 Å². The second-order valence-electron chi connectivity index (χ2n) is 6.20. The van der Waals surface area contributed by atoms with Crippen molar-refractivity contribution in [2.45, 2.75) is 26.5 Å². The van der Waals surface area contributed by atoms with E-state index in [0.717, 1.165) is 11.0 Å². The number of aromatic nitrogens is 2. The van der Waals surface area contributed by atoms with Gasteiger partial charge < -0.3 is 9.84 Å². The highest BCUT2D eigenvalue weighted by Gasteiger charge is 2.18. The third-order valence-electron chi connectivity index (χ3n) is 4.27. The van der Waals surface area contributed by atoms with Crippen LogP contribution in [-0.2, 0) is 13.6 Å². The maximum absolute atomic E-state index is 10.3. The number of aliphatic hydroxyl groups excluding tert-OH is 1. The number of para-hydroxylation sites is 1. The second-order valence-corrected chi connectivity index (χ2v) is 6.61. The number of fused-ring (bicyclic) bond motifs is 1. The first kappa shape index (κ1) is 16.8. The van der Waals surface area contributed by atoms with Gasteiger partial charge in [-0.3, -0.25) is 0 Å². The minimum Gasteiger partial charge on any atom is -0.489 e. The SMILES string of the molecule is Cc1cc2c(cc1C)[n+](C)cn2CC(O)COc1ccccc1Cl. The predicted molar refractivity (Wildman–Crippen MR) is 95.5 cm³/mol. The standard InChI is InChI=1S/C19H22ClN2O2/c1-13-8-17-18(9-14(13)2)22(12-21(17)3)10-15(23)11-24-19-7-5-4-6-16(19)20/h4-9,12,15,23H,10-11H2,1-3H3/q+1. The van der Waals surface area contributed by atoms with E-state index in [2.05, 4.69) is 35.1 Å². The normalized spacial score (nSPS) is 12.5. The maximum Gasteiger partial charge on any atom is 0.244 e. The fraction of sp³-hybridized carbons (Fsp3) is 0.316. The molecule has 0 amide bonds. The van der Waals surface area contributed by atoms with Gasteiger partial charge in [0.15, 0.2) is 11.0 Å². The first-order valence-electron chi connectivity index (χ1n) is 7.97. The second kappa shape index (κ2) is 6.83. The van der Waals surface area contributed by atoms with E-state index in [9.17, 15) is 5.11 Å². The minimum absolute atomic E-state index is 0.192. The summed E-state index contributed by atoms with van der Waals surface area (Å²) in [4.78, 5) is 0. The molecule has 0 aliphatic heterocycles. The van der Waals surface area contributed by atoms with Gasteiger partial charge in [-0.15, -0.1) is 0 Å². The van der Waals surface area contributed by atoms with Crippen LogP contribution in [0, 0.1) is 13.8 Å². The first-order valence-corrected chi connectivity index (χ1v) is 8.34. The monoisotopic (exact) mass is 345 g/mol. The number of aryl methyl sites for hydroxylation is 3. The van der Waals surface area contributed by atoms with Gasteiger partial charge in [0, 0.05) is 0 Å². The minimum atomic E-state index is -0.626. The lowest BCUT2D eigenvalue weighted by molar-refractivity contribution is -0.645. The molecule has 1 N–H and O–H groups in total. The zero-order chi connectivity index (χ0) is 17.3. The molecule has 0 spiro atoms. The lowest BCUT2D eigenvalue weighted by atomic mass is 10.1. The fourth-order valence-corrected chi connectivity index (χ4v) is 3.00. The fourth-order valence-electron chi connectivity index (χ4n) is 2.80. The topological polar surface area (TPSA) is 38.3 Å². The summed E-state index contributed by atoms with van der Waals surface area (Å²) in [7, 11) is 2.01. The predicted octanol–water partition coefficient (Wildman–Crippen LogP) is 3.18. The molecular formula is C19H22ClN2O2+. The van der Waals surface area contributed by atoms with Gasteiger partial charge in [-0.1, -0.05) is 23.7 Å². The highest BCUT2D eigenvalue weighted by Crippen LogP contribution is 2.23. The van der Waals surface area contributed by atoms with Gasteiger partial charge in [0.1, 0.15) is 25.0 Å². The quantitative estimate of drug-likeness (QED) is 0.721. The Labute approximate surface area is 146 Å². The van der Waals surface area contributed by atoms with Gasteiger partial charge in [0.05, 0.1) is 12.1 Å². The van der Waals surface area contributed by atoms with Crippen molar-refractivity contribution in [3.63, 3.8) is 0 Å². The molecule has 1 heterocycles. The van der Waals surface area contributed by atoms with E-state index in [1.54, 1.807) is 12.1 Å². The largest absolute Gasteiger partial charge is 0.489 e. The average molecular weight is 346 g/mol. The first-order chi connectivity index (χ1) is 11.5. The van der Waals surface area contributed by atoms with Crippen LogP contribution in [0.25, 0.3) is 11.0 Å². The van der Waals surface area contributed by atoms with E-state index in [1.807, 2.05) is 25.5 Å². The Morgan fingerprint density at radius 2 is 1.92 bits per heavy atom. The van der Waals surface area contributed by atoms with Gasteiger partial charge in [-0.2, -0.15) is 0 Å². The third-order valence-corrected chi connectivity index (χ3v) is 4.58. The van der Waals surface area contributed by atoms with Crippen molar-refractivity contribution in [2.75, 3.05) is 6.61 Å². The molecule has 0 radical (unpaired) electrons. The molecule has 1 atom stereocenters. The van der Waals surface area contributed by atoms with Gasteiger partial charge in [0.25, 0.3) is 0 Å². The molecule has 126 valence electrons. The molecule has 0 aliphatic carbocycles. The number of aliphatic hydroxyl groups is 1. The molecule has 24 heavy (non-hydrogen) atoms. The van der Waals surface area contributed by atoms with Crippen molar-refractivity contribution in [2.24, 2.45) is 7.05 Å². The summed E-state index contributed by atoms with van der Waals surface area (Å²) in [5, 5.41) is 10.9. The molecule has 1 aromatic heterocycles. The van der Waals surface area contributed by atoms with E-state index in [-0.39, 0.29) is 6.61 Å². The maximum atomic E-state index is 10.3. The molecule has 4 nitrogen and oxygen atoms in total. The third kappa shape index (κ3) is 3.40. The van der Waals surface area contributed by atoms with E-state index >= 15 is 0 Å². The van der Waals surface area contributed by atoms with Crippen LogP contribution in [0.2, 0.25) is 5.02 Å². The zero-order valence-corrected chi connectivity index (χ0v) is 14.9. The average Bonchev–Trinajstić information content (AvgIpc) is 2.83. The Hall–Kier alpha value is -2.04. The van der Waals surface area contributed by atoms with Crippen molar-refractivity contribution in [3.8, 4) is 5.75 Å². The summed E-state index contributed by atoms with van der Waals surface area (Å²) < 4.78 is 9.76.